The van der Waals surface area contributed by atoms with E-state index in [1.807, 2.05) is 6.20 Å². The highest BCUT2D eigenvalue weighted by Gasteiger charge is 2.37. The molecule has 3 aliphatic rings. The van der Waals surface area contributed by atoms with Gasteiger partial charge in [-0.25, -0.2) is 4.98 Å². The number of aryl methyl sites for hydroxylation is 1. The van der Waals surface area contributed by atoms with Crippen molar-refractivity contribution in [3.05, 3.63) is 18.2 Å². The van der Waals surface area contributed by atoms with Crippen LogP contribution in [0.15, 0.2) is 12.4 Å². The van der Waals surface area contributed by atoms with Crippen molar-refractivity contribution in [3.63, 3.8) is 0 Å². The molecule has 1 N–H and O–H groups in total. The average molecular weight is 317 g/mol. The molecule has 2 saturated carbocycles. The normalized spacial score (nSPS) is 35.3. The van der Waals surface area contributed by atoms with Crippen LogP contribution < -0.4 is 5.32 Å². The van der Waals surface area contributed by atoms with Gasteiger partial charge in [0.05, 0.1) is 0 Å². The number of hydrogen-bond acceptors (Lipinski definition) is 3. The Morgan fingerprint density at radius 2 is 2.09 bits per heavy atom. The van der Waals surface area contributed by atoms with E-state index in [-0.39, 0.29) is 6.10 Å². The first-order valence-corrected chi connectivity index (χ1v) is 9.74. The highest BCUT2D eigenvalue weighted by Crippen LogP contribution is 2.44. The maximum absolute atomic E-state index is 6.16. The van der Waals surface area contributed by atoms with Gasteiger partial charge in [0.1, 0.15) is 11.9 Å². The van der Waals surface area contributed by atoms with E-state index < -0.39 is 0 Å². The van der Waals surface area contributed by atoms with Crippen LogP contribution in [0.1, 0.15) is 70.2 Å². The Morgan fingerprint density at radius 1 is 1.17 bits per heavy atom. The number of ether oxygens (including phenoxy) is 1. The highest BCUT2D eigenvalue weighted by atomic mass is 16.5. The van der Waals surface area contributed by atoms with Crippen LogP contribution in [0.5, 0.6) is 0 Å². The Labute approximate surface area is 140 Å². The SMILES string of the molecule is CCn1ccnc1[C@H]1OCCC[C@@H]1N[C@H]1CCC[C@@H](C2CC2)C1. The monoisotopic (exact) mass is 317 g/mol. The molecule has 0 bridgehead atoms. The number of rotatable bonds is 5. The molecule has 4 heteroatoms. The first-order valence-electron chi connectivity index (χ1n) is 9.74. The lowest BCUT2D eigenvalue weighted by Gasteiger charge is -2.38. The minimum absolute atomic E-state index is 0.125. The van der Waals surface area contributed by atoms with Crippen LogP contribution >= 0.6 is 0 Å². The van der Waals surface area contributed by atoms with Gasteiger partial charge in [-0.2, -0.15) is 0 Å². The molecular weight excluding hydrogens is 286 g/mol. The second-order valence-corrected chi connectivity index (χ2v) is 7.74. The van der Waals surface area contributed by atoms with Crippen molar-refractivity contribution in [1.82, 2.24) is 14.9 Å². The van der Waals surface area contributed by atoms with Crippen LogP contribution in [0.3, 0.4) is 0 Å². The minimum Gasteiger partial charge on any atom is -0.369 e. The van der Waals surface area contributed by atoms with E-state index in [1.165, 1.54) is 51.4 Å². The van der Waals surface area contributed by atoms with Crippen molar-refractivity contribution < 1.29 is 4.74 Å². The maximum Gasteiger partial charge on any atom is 0.139 e. The third-order valence-corrected chi connectivity index (χ3v) is 6.12. The van der Waals surface area contributed by atoms with E-state index >= 15 is 0 Å². The molecule has 0 amide bonds. The fourth-order valence-corrected chi connectivity index (χ4v) is 4.73. The zero-order valence-corrected chi connectivity index (χ0v) is 14.4. The van der Waals surface area contributed by atoms with Gasteiger partial charge in [-0.3, -0.25) is 0 Å². The summed E-state index contributed by atoms with van der Waals surface area (Å²) in [6, 6.07) is 1.12. The molecule has 2 heterocycles. The summed E-state index contributed by atoms with van der Waals surface area (Å²) in [5.41, 5.74) is 0. The summed E-state index contributed by atoms with van der Waals surface area (Å²) in [6.45, 7) is 4.02. The lowest BCUT2D eigenvalue weighted by Crippen LogP contribution is -2.47. The molecule has 1 aromatic rings. The smallest absolute Gasteiger partial charge is 0.139 e. The molecule has 1 aliphatic heterocycles. The van der Waals surface area contributed by atoms with Gasteiger partial charge in [0.2, 0.25) is 0 Å². The molecule has 128 valence electrons. The van der Waals surface area contributed by atoms with Crippen molar-refractivity contribution in [1.29, 1.82) is 0 Å². The van der Waals surface area contributed by atoms with E-state index in [4.69, 9.17) is 4.74 Å². The quantitative estimate of drug-likeness (QED) is 0.900. The van der Waals surface area contributed by atoms with Crippen molar-refractivity contribution in [2.45, 2.75) is 83.0 Å². The molecule has 1 aromatic heterocycles. The fraction of sp³-hybridized carbons (Fsp3) is 0.842. The Morgan fingerprint density at radius 3 is 2.91 bits per heavy atom. The number of aromatic nitrogens is 2. The molecule has 2 aliphatic carbocycles. The molecule has 4 rings (SSSR count). The van der Waals surface area contributed by atoms with E-state index in [9.17, 15) is 0 Å². The summed E-state index contributed by atoms with van der Waals surface area (Å²) in [5, 5.41) is 3.98. The van der Waals surface area contributed by atoms with E-state index in [0.717, 1.165) is 30.8 Å². The zero-order valence-electron chi connectivity index (χ0n) is 14.4. The van der Waals surface area contributed by atoms with Gasteiger partial charge in [-0.05, 0) is 57.3 Å². The molecule has 0 aromatic carbocycles. The largest absolute Gasteiger partial charge is 0.369 e. The Kier molecular flexibility index (Phi) is 4.72. The molecule has 4 nitrogen and oxygen atoms in total. The number of nitrogens with zero attached hydrogens (tertiary/aromatic N) is 2. The van der Waals surface area contributed by atoms with Crippen molar-refractivity contribution >= 4 is 0 Å². The van der Waals surface area contributed by atoms with Crippen molar-refractivity contribution in [3.8, 4) is 0 Å². The van der Waals surface area contributed by atoms with Crippen molar-refractivity contribution in [2.24, 2.45) is 11.8 Å². The summed E-state index contributed by atoms with van der Waals surface area (Å²) in [6.07, 6.45) is 15.1. The second-order valence-electron chi connectivity index (χ2n) is 7.74. The lowest BCUT2D eigenvalue weighted by atomic mass is 9.82. The van der Waals surface area contributed by atoms with E-state index in [1.54, 1.807) is 0 Å². The molecule has 23 heavy (non-hydrogen) atoms. The van der Waals surface area contributed by atoms with E-state index in [0.29, 0.717) is 12.1 Å². The van der Waals surface area contributed by atoms with Gasteiger partial charge >= 0.3 is 0 Å². The predicted octanol–water partition coefficient (Wildman–Crippen LogP) is 3.68. The van der Waals surface area contributed by atoms with Crippen LogP contribution in [-0.4, -0.2) is 28.2 Å². The molecule has 0 spiro atoms. The third kappa shape index (κ3) is 3.48. The molecule has 0 radical (unpaired) electrons. The topological polar surface area (TPSA) is 39.1 Å². The summed E-state index contributed by atoms with van der Waals surface area (Å²) in [5.74, 6) is 3.15. The van der Waals surface area contributed by atoms with Crippen molar-refractivity contribution in [2.75, 3.05) is 6.61 Å². The van der Waals surface area contributed by atoms with Gasteiger partial charge < -0.3 is 14.6 Å². The summed E-state index contributed by atoms with van der Waals surface area (Å²) in [4.78, 5) is 4.61. The standard InChI is InChI=1S/C19H31N3O/c1-2-22-11-10-20-19(22)18-17(7-4-12-23-18)21-16-6-3-5-15(13-16)14-8-9-14/h10-11,14-18,21H,2-9,12-13H2,1H3/t15-,16+,17+,18+/m1/s1. The molecule has 1 saturated heterocycles. The van der Waals surface area contributed by atoms with Crippen LogP contribution in [-0.2, 0) is 11.3 Å². The number of nitrogens with one attached hydrogen (secondary N) is 1. The Hall–Kier alpha value is -0.870. The number of hydrogen-bond donors (Lipinski definition) is 1. The van der Waals surface area contributed by atoms with Gasteiger partial charge in [-0.1, -0.05) is 12.8 Å². The number of imidazole rings is 1. The Bertz CT molecular complexity index is 510. The van der Waals surface area contributed by atoms with Crippen LogP contribution in [0, 0.1) is 11.8 Å². The maximum atomic E-state index is 6.16. The van der Waals surface area contributed by atoms with Gasteiger partial charge in [0.15, 0.2) is 0 Å². The summed E-state index contributed by atoms with van der Waals surface area (Å²) >= 11 is 0. The summed E-state index contributed by atoms with van der Waals surface area (Å²) < 4.78 is 8.39. The second kappa shape index (κ2) is 6.94. The molecule has 3 fully saturated rings. The first kappa shape index (κ1) is 15.6. The van der Waals surface area contributed by atoms with Crippen LogP contribution in [0.4, 0.5) is 0 Å². The van der Waals surface area contributed by atoms with E-state index in [2.05, 4.69) is 28.0 Å². The molecule has 0 unspecified atom stereocenters. The van der Waals surface area contributed by atoms with Gasteiger partial charge in [0, 0.05) is 37.6 Å². The highest BCUT2D eigenvalue weighted by molar-refractivity contribution is 5.03. The molecule has 4 atom stereocenters. The van der Waals surface area contributed by atoms with Gasteiger partial charge in [-0.15, -0.1) is 0 Å². The third-order valence-electron chi connectivity index (χ3n) is 6.12. The van der Waals surface area contributed by atoms with Gasteiger partial charge in [0.25, 0.3) is 0 Å². The van der Waals surface area contributed by atoms with Crippen LogP contribution in [0.25, 0.3) is 0 Å². The average Bonchev–Trinajstić information content (AvgIpc) is 3.33. The summed E-state index contributed by atoms with van der Waals surface area (Å²) in [7, 11) is 0. The predicted molar refractivity (Wildman–Crippen MR) is 91.2 cm³/mol. The van der Waals surface area contributed by atoms with Crippen LogP contribution in [0.2, 0.25) is 0 Å². The first-order chi connectivity index (χ1) is 11.3. The Balaban J connectivity index is 1.43. The zero-order chi connectivity index (χ0) is 15.6. The molecular formula is C19H31N3O. The lowest BCUT2D eigenvalue weighted by molar-refractivity contribution is -0.0229. The minimum atomic E-state index is 0.125. The fourth-order valence-electron chi connectivity index (χ4n) is 4.73.